The van der Waals surface area contributed by atoms with Gasteiger partial charge in [-0.1, -0.05) is 24.5 Å². The summed E-state index contributed by atoms with van der Waals surface area (Å²) in [4.78, 5) is 13.1. The van der Waals surface area contributed by atoms with Crippen molar-refractivity contribution in [1.29, 1.82) is 0 Å². The van der Waals surface area contributed by atoms with Gasteiger partial charge < -0.3 is 14.6 Å². The lowest BCUT2D eigenvalue weighted by atomic mass is 9.55. The summed E-state index contributed by atoms with van der Waals surface area (Å²) in [6.07, 6.45) is 8.52. The minimum atomic E-state index is -0.865. The second-order valence-corrected chi connectivity index (χ2v) is 10.4. The molecule has 0 spiro atoms. The number of benzene rings is 1. The molecule has 5 atom stereocenters. The van der Waals surface area contributed by atoms with Crippen LogP contribution in [0.25, 0.3) is 0 Å². The molecule has 1 aromatic carbocycles. The van der Waals surface area contributed by atoms with Crippen molar-refractivity contribution in [3.8, 4) is 23.3 Å². The molecule has 1 N–H and O–H groups in total. The van der Waals surface area contributed by atoms with Gasteiger partial charge in [-0.05, 0) is 98.6 Å². The van der Waals surface area contributed by atoms with Crippen LogP contribution in [0.1, 0.15) is 70.3 Å². The average molecular weight is 431 g/mol. The largest absolute Gasteiger partial charge is 0.454 e. The summed E-state index contributed by atoms with van der Waals surface area (Å²) in [6.45, 7) is 4.34. The maximum absolute atomic E-state index is 13.1. The van der Waals surface area contributed by atoms with Gasteiger partial charge in [-0.15, -0.1) is 5.92 Å². The molecule has 166 valence electrons. The minimum Gasteiger partial charge on any atom is -0.454 e. The number of carbonyl (C=O) groups excluding carboxylic acids is 1. The number of rotatable bonds is 1. The third kappa shape index (κ3) is 2.70. The van der Waals surface area contributed by atoms with Gasteiger partial charge in [0.05, 0.1) is 5.92 Å². The van der Waals surface area contributed by atoms with Crippen molar-refractivity contribution in [1.82, 2.24) is 0 Å². The number of hydrogen-bond donors (Lipinski definition) is 1. The third-order valence-corrected chi connectivity index (χ3v) is 9.13. The van der Waals surface area contributed by atoms with Crippen molar-refractivity contribution in [3.05, 3.63) is 46.6 Å². The zero-order valence-corrected chi connectivity index (χ0v) is 18.9. The summed E-state index contributed by atoms with van der Waals surface area (Å²) in [5.41, 5.74) is 4.23. The van der Waals surface area contributed by atoms with Crippen LogP contribution in [0.4, 0.5) is 0 Å². The summed E-state index contributed by atoms with van der Waals surface area (Å²) in [5, 5.41) is 11.4. The Bertz CT molecular complexity index is 1130. The van der Waals surface area contributed by atoms with Gasteiger partial charge in [0.25, 0.3) is 0 Å². The Morgan fingerprint density at radius 3 is 2.81 bits per heavy atom. The molecule has 0 amide bonds. The molecule has 1 aliphatic heterocycles. The van der Waals surface area contributed by atoms with Gasteiger partial charge >= 0.3 is 0 Å². The van der Waals surface area contributed by atoms with Gasteiger partial charge in [-0.3, -0.25) is 4.79 Å². The van der Waals surface area contributed by atoms with Crippen molar-refractivity contribution < 1.29 is 19.4 Å². The standard InChI is InChI=1S/C28H30O4/c1-3-10-28(30)12-9-23-20-6-4-17-13-24(29)22(15-21(17)19(20)8-11-27(23,28)2)18-5-7-25-26(14-18)32-16-31-25/h5,7,13-14,20,22-23,30H,4,6,8-9,11-12,15-16H2,1-2H3/t20-,22?,23+,27+,28-/m1/s1. The zero-order chi connectivity index (χ0) is 22.1. The first-order valence-corrected chi connectivity index (χ1v) is 12.0. The maximum Gasteiger partial charge on any atom is 0.231 e. The van der Waals surface area contributed by atoms with Crippen molar-refractivity contribution in [2.45, 2.75) is 70.3 Å². The number of allylic oxidation sites excluding steroid dienone is 4. The van der Waals surface area contributed by atoms with Crippen LogP contribution in [0, 0.1) is 29.1 Å². The number of aliphatic hydroxyl groups is 1. The molecule has 0 bridgehead atoms. The lowest BCUT2D eigenvalue weighted by molar-refractivity contribution is -0.116. The summed E-state index contributed by atoms with van der Waals surface area (Å²) in [5.74, 6) is 8.67. The van der Waals surface area contributed by atoms with Crippen LogP contribution in [0.15, 0.2) is 41.0 Å². The summed E-state index contributed by atoms with van der Waals surface area (Å²) in [6, 6.07) is 5.92. The maximum atomic E-state index is 13.1. The van der Waals surface area contributed by atoms with Gasteiger partial charge in [0.2, 0.25) is 6.79 Å². The molecule has 2 fully saturated rings. The fourth-order valence-electron chi connectivity index (χ4n) is 7.38. The summed E-state index contributed by atoms with van der Waals surface area (Å²) < 4.78 is 11.0. The molecule has 4 heteroatoms. The molecule has 32 heavy (non-hydrogen) atoms. The molecule has 1 unspecified atom stereocenters. The normalized spacial score (nSPS) is 37.2. The number of carbonyl (C=O) groups is 1. The van der Waals surface area contributed by atoms with Gasteiger partial charge in [0.1, 0.15) is 5.60 Å². The van der Waals surface area contributed by atoms with E-state index < -0.39 is 5.60 Å². The molecule has 1 heterocycles. The van der Waals surface area contributed by atoms with E-state index in [-0.39, 0.29) is 23.9 Å². The van der Waals surface area contributed by atoms with Crippen LogP contribution in [0.5, 0.6) is 11.5 Å². The van der Waals surface area contributed by atoms with Crippen molar-refractivity contribution in [2.24, 2.45) is 17.3 Å². The highest BCUT2D eigenvalue weighted by molar-refractivity contribution is 5.98. The van der Waals surface area contributed by atoms with E-state index in [2.05, 4.69) is 18.8 Å². The van der Waals surface area contributed by atoms with Crippen molar-refractivity contribution >= 4 is 5.78 Å². The van der Waals surface area contributed by atoms with Crippen LogP contribution >= 0.6 is 0 Å². The van der Waals surface area contributed by atoms with E-state index >= 15 is 0 Å². The summed E-state index contributed by atoms with van der Waals surface area (Å²) in [7, 11) is 0. The van der Waals surface area contributed by atoms with E-state index in [4.69, 9.17) is 9.47 Å². The van der Waals surface area contributed by atoms with Gasteiger partial charge in [0.15, 0.2) is 17.3 Å². The lowest BCUT2D eigenvalue weighted by Gasteiger charge is -2.50. The first kappa shape index (κ1) is 20.1. The first-order chi connectivity index (χ1) is 15.4. The Balaban J connectivity index is 1.36. The Kier molecular flexibility index (Phi) is 4.40. The highest BCUT2D eigenvalue weighted by atomic mass is 16.7. The Morgan fingerprint density at radius 2 is 1.97 bits per heavy atom. The van der Waals surface area contributed by atoms with E-state index in [1.165, 1.54) is 11.1 Å². The predicted molar refractivity (Wildman–Crippen MR) is 121 cm³/mol. The minimum absolute atomic E-state index is 0.146. The van der Waals surface area contributed by atoms with E-state index in [0.29, 0.717) is 11.8 Å². The number of hydrogen-bond acceptors (Lipinski definition) is 4. The fraction of sp³-hybridized carbons (Fsp3) is 0.536. The SMILES string of the molecule is CC#C[C@@]1(O)CC[C@H]2[C@@H]3CCC4=CC(=O)C(c5ccc6c(c5)OCO6)CC4=C3CC[C@@]21C. The van der Waals surface area contributed by atoms with E-state index in [0.717, 1.165) is 62.0 Å². The molecule has 2 saturated carbocycles. The predicted octanol–water partition coefficient (Wildman–Crippen LogP) is 5.07. The zero-order valence-electron chi connectivity index (χ0n) is 18.9. The third-order valence-electron chi connectivity index (χ3n) is 9.13. The molecule has 0 saturated heterocycles. The molecule has 4 aliphatic carbocycles. The summed E-state index contributed by atoms with van der Waals surface area (Å²) >= 11 is 0. The molecular formula is C28H30O4. The number of ether oxygens (including phenoxy) is 2. The lowest BCUT2D eigenvalue weighted by Crippen LogP contribution is -2.49. The van der Waals surface area contributed by atoms with E-state index in [1.807, 2.05) is 31.2 Å². The molecule has 0 radical (unpaired) electrons. The fourth-order valence-corrected chi connectivity index (χ4v) is 7.38. The Morgan fingerprint density at radius 1 is 1.12 bits per heavy atom. The van der Waals surface area contributed by atoms with Gasteiger partial charge in [0, 0.05) is 5.41 Å². The van der Waals surface area contributed by atoms with E-state index in [1.54, 1.807) is 5.57 Å². The molecule has 5 aliphatic rings. The van der Waals surface area contributed by atoms with Crippen LogP contribution in [-0.2, 0) is 4.79 Å². The smallest absolute Gasteiger partial charge is 0.231 e. The number of ketones is 1. The highest BCUT2D eigenvalue weighted by Gasteiger charge is 2.60. The van der Waals surface area contributed by atoms with E-state index in [9.17, 15) is 9.90 Å². The van der Waals surface area contributed by atoms with Crippen LogP contribution in [0.3, 0.4) is 0 Å². The molecule has 4 nitrogen and oxygen atoms in total. The Labute approximate surface area is 189 Å². The highest BCUT2D eigenvalue weighted by Crippen LogP contribution is 2.63. The van der Waals surface area contributed by atoms with Crippen molar-refractivity contribution in [2.75, 3.05) is 6.79 Å². The number of fused-ring (bicyclic) bond motifs is 5. The molecule has 6 rings (SSSR count). The topological polar surface area (TPSA) is 55.8 Å². The molecule has 1 aromatic rings. The second-order valence-electron chi connectivity index (χ2n) is 10.4. The molecular weight excluding hydrogens is 400 g/mol. The van der Waals surface area contributed by atoms with Gasteiger partial charge in [-0.25, -0.2) is 0 Å². The van der Waals surface area contributed by atoms with Gasteiger partial charge in [-0.2, -0.15) is 0 Å². The second kappa shape index (κ2) is 6.99. The average Bonchev–Trinajstić information content (AvgIpc) is 3.35. The Hall–Kier alpha value is -2.51. The van der Waals surface area contributed by atoms with Crippen molar-refractivity contribution in [3.63, 3.8) is 0 Å². The monoisotopic (exact) mass is 430 g/mol. The molecule has 0 aromatic heterocycles. The van der Waals surface area contributed by atoms with Crippen LogP contribution in [0.2, 0.25) is 0 Å². The van der Waals surface area contributed by atoms with Crippen LogP contribution < -0.4 is 9.47 Å². The van der Waals surface area contributed by atoms with Crippen LogP contribution in [-0.4, -0.2) is 23.3 Å². The first-order valence-electron chi connectivity index (χ1n) is 12.0. The quantitative estimate of drug-likeness (QED) is 0.632.